The van der Waals surface area contributed by atoms with Crippen molar-refractivity contribution in [2.45, 2.75) is 19.0 Å². The minimum absolute atomic E-state index is 0.000246. The molecule has 0 saturated heterocycles. The normalized spacial score (nSPS) is 13.1. The van der Waals surface area contributed by atoms with E-state index in [2.05, 4.69) is 15.5 Å². The van der Waals surface area contributed by atoms with Gasteiger partial charge in [-0.3, -0.25) is 4.98 Å². The van der Waals surface area contributed by atoms with E-state index in [0.717, 1.165) is 11.1 Å². The topological polar surface area (TPSA) is 83.5 Å². The predicted molar refractivity (Wildman–Crippen MR) is 78.3 cm³/mol. The molecule has 1 atom stereocenters. The van der Waals surface area contributed by atoms with Crippen molar-refractivity contribution < 1.29 is 5.21 Å². The number of pyridine rings is 1. The van der Waals surface area contributed by atoms with Crippen molar-refractivity contribution in [3.63, 3.8) is 0 Å². The average molecular weight is 270 g/mol. The number of hydrogen-bond acceptors (Lipinski definition) is 4. The van der Waals surface area contributed by atoms with Crippen molar-refractivity contribution in [1.29, 1.82) is 0 Å². The van der Waals surface area contributed by atoms with E-state index in [1.165, 1.54) is 0 Å². The largest absolute Gasteiger partial charge is 0.409 e. The van der Waals surface area contributed by atoms with Gasteiger partial charge in [-0.05, 0) is 23.3 Å². The lowest BCUT2D eigenvalue weighted by atomic mass is 10.0. The molecule has 104 valence electrons. The Morgan fingerprint density at radius 1 is 1.20 bits per heavy atom. The monoisotopic (exact) mass is 270 g/mol. The zero-order valence-electron chi connectivity index (χ0n) is 11.1. The molecule has 1 heterocycles. The van der Waals surface area contributed by atoms with E-state index < -0.39 is 0 Å². The number of benzene rings is 1. The van der Waals surface area contributed by atoms with Crippen LogP contribution in [0.4, 0.5) is 0 Å². The van der Waals surface area contributed by atoms with Gasteiger partial charge >= 0.3 is 0 Å². The smallest absolute Gasteiger partial charge is 0.141 e. The zero-order valence-corrected chi connectivity index (χ0v) is 11.1. The Hall–Kier alpha value is -2.40. The second kappa shape index (κ2) is 7.25. The van der Waals surface area contributed by atoms with Crippen LogP contribution in [-0.2, 0) is 6.54 Å². The molecule has 0 fully saturated rings. The van der Waals surface area contributed by atoms with Gasteiger partial charge in [-0.25, -0.2) is 0 Å². The van der Waals surface area contributed by atoms with Gasteiger partial charge in [0.25, 0.3) is 0 Å². The quantitative estimate of drug-likeness (QED) is 0.325. The lowest BCUT2D eigenvalue weighted by Gasteiger charge is -2.18. The molecule has 0 aliphatic rings. The van der Waals surface area contributed by atoms with Gasteiger partial charge in [0.15, 0.2) is 0 Å². The maximum atomic E-state index is 8.74. The fourth-order valence-electron chi connectivity index (χ4n) is 1.98. The van der Waals surface area contributed by atoms with Crippen molar-refractivity contribution in [3.8, 4) is 0 Å². The van der Waals surface area contributed by atoms with Gasteiger partial charge < -0.3 is 16.3 Å². The highest BCUT2D eigenvalue weighted by Crippen LogP contribution is 2.17. The summed E-state index contributed by atoms with van der Waals surface area (Å²) >= 11 is 0. The van der Waals surface area contributed by atoms with E-state index in [1.54, 1.807) is 12.4 Å². The number of aromatic nitrogens is 1. The highest BCUT2D eigenvalue weighted by atomic mass is 16.4. The van der Waals surface area contributed by atoms with Crippen LogP contribution in [-0.4, -0.2) is 16.0 Å². The highest BCUT2D eigenvalue weighted by Gasteiger charge is 2.12. The molecule has 5 heteroatoms. The van der Waals surface area contributed by atoms with Crippen molar-refractivity contribution in [3.05, 3.63) is 66.0 Å². The number of nitrogens with one attached hydrogen (secondary N) is 1. The van der Waals surface area contributed by atoms with Gasteiger partial charge in [-0.2, -0.15) is 0 Å². The first-order chi connectivity index (χ1) is 9.79. The summed E-state index contributed by atoms with van der Waals surface area (Å²) in [5, 5.41) is 15.2. The number of oxime groups is 1. The second-order valence-corrected chi connectivity index (χ2v) is 4.50. The summed E-state index contributed by atoms with van der Waals surface area (Å²) in [6.07, 6.45) is 3.97. The molecule has 5 nitrogen and oxygen atoms in total. The van der Waals surface area contributed by atoms with Crippen LogP contribution in [0.1, 0.15) is 23.6 Å². The molecule has 0 amide bonds. The van der Waals surface area contributed by atoms with Crippen LogP contribution < -0.4 is 11.1 Å². The fourth-order valence-corrected chi connectivity index (χ4v) is 1.98. The molecule has 0 bridgehead atoms. The van der Waals surface area contributed by atoms with Gasteiger partial charge in [-0.1, -0.05) is 35.5 Å². The Bertz CT molecular complexity index is 542. The summed E-state index contributed by atoms with van der Waals surface area (Å²) in [5.74, 6) is 0.209. The second-order valence-electron chi connectivity index (χ2n) is 4.50. The van der Waals surface area contributed by atoms with E-state index in [1.807, 2.05) is 42.5 Å². The minimum atomic E-state index is 0.000246. The summed E-state index contributed by atoms with van der Waals surface area (Å²) in [4.78, 5) is 3.99. The lowest BCUT2D eigenvalue weighted by molar-refractivity contribution is 0.315. The van der Waals surface area contributed by atoms with Crippen molar-refractivity contribution in [1.82, 2.24) is 10.3 Å². The van der Waals surface area contributed by atoms with E-state index in [9.17, 15) is 0 Å². The van der Waals surface area contributed by atoms with Crippen LogP contribution in [0.3, 0.4) is 0 Å². The van der Waals surface area contributed by atoms with Crippen molar-refractivity contribution >= 4 is 5.84 Å². The first kappa shape index (κ1) is 14.0. The molecular formula is C15H18N4O. The summed E-state index contributed by atoms with van der Waals surface area (Å²) < 4.78 is 0. The minimum Gasteiger partial charge on any atom is -0.409 e. The van der Waals surface area contributed by atoms with Gasteiger partial charge in [0.05, 0.1) is 0 Å². The fraction of sp³-hybridized carbons (Fsp3) is 0.200. The maximum absolute atomic E-state index is 8.74. The van der Waals surface area contributed by atoms with E-state index >= 15 is 0 Å². The Morgan fingerprint density at radius 3 is 2.55 bits per heavy atom. The number of nitrogens with zero attached hydrogens (tertiary/aromatic N) is 2. The summed E-state index contributed by atoms with van der Waals surface area (Å²) in [6, 6.07) is 13.9. The first-order valence-electron chi connectivity index (χ1n) is 6.43. The third kappa shape index (κ3) is 4.07. The van der Waals surface area contributed by atoms with Crippen LogP contribution >= 0.6 is 0 Å². The van der Waals surface area contributed by atoms with Gasteiger partial charge in [-0.15, -0.1) is 0 Å². The number of hydrogen-bond donors (Lipinski definition) is 3. The Balaban J connectivity index is 2.07. The SMILES string of the molecule is NC(CC(NCc1ccncc1)c1ccccc1)=NO. The zero-order chi connectivity index (χ0) is 14.2. The standard InChI is InChI=1S/C15H18N4O/c16-15(19-20)10-14(13-4-2-1-3-5-13)18-11-12-6-8-17-9-7-12/h1-9,14,18,20H,10-11H2,(H2,16,19). The molecule has 0 spiro atoms. The van der Waals surface area contributed by atoms with Crippen LogP contribution in [0.2, 0.25) is 0 Å². The van der Waals surface area contributed by atoms with Gasteiger partial charge in [0, 0.05) is 31.4 Å². The van der Waals surface area contributed by atoms with Gasteiger partial charge in [0.2, 0.25) is 0 Å². The summed E-state index contributed by atoms with van der Waals surface area (Å²) in [7, 11) is 0. The molecule has 1 aromatic heterocycles. The van der Waals surface area contributed by atoms with Crippen LogP contribution in [0.5, 0.6) is 0 Å². The predicted octanol–water partition coefficient (Wildman–Crippen LogP) is 2.05. The number of amidine groups is 1. The van der Waals surface area contributed by atoms with E-state index in [-0.39, 0.29) is 11.9 Å². The maximum Gasteiger partial charge on any atom is 0.141 e. The third-order valence-electron chi connectivity index (χ3n) is 3.05. The molecule has 0 aliphatic heterocycles. The molecule has 2 rings (SSSR count). The van der Waals surface area contributed by atoms with Crippen molar-refractivity contribution in [2.24, 2.45) is 10.9 Å². The molecule has 1 aromatic carbocycles. The Labute approximate surface area is 118 Å². The summed E-state index contributed by atoms with van der Waals surface area (Å²) in [5.41, 5.74) is 7.87. The Kier molecular flexibility index (Phi) is 5.08. The van der Waals surface area contributed by atoms with E-state index in [4.69, 9.17) is 10.9 Å². The number of rotatable bonds is 6. The summed E-state index contributed by atoms with van der Waals surface area (Å²) in [6.45, 7) is 0.695. The van der Waals surface area contributed by atoms with E-state index in [0.29, 0.717) is 13.0 Å². The molecule has 0 saturated carbocycles. The molecule has 20 heavy (non-hydrogen) atoms. The van der Waals surface area contributed by atoms with Crippen LogP contribution in [0.15, 0.2) is 60.0 Å². The molecule has 1 unspecified atom stereocenters. The highest BCUT2D eigenvalue weighted by molar-refractivity contribution is 5.80. The molecule has 0 radical (unpaired) electrons. The van der Waals surface area contributed by atoms with Crippen molar-refractivity contribution in [2.75, 3.05) is 0 Å². The van der Waals surface area contributed by atoms with Gasteiger partial charge in [0.1, 0.15) is 5.84 Å². The number of nitrogens with two attached hydrogens (primary N) is 1. The first-order valence-corrected chi connectivity index (χ1v) is 6.43. The molecule has 2 aromatic rings. The average Bonchev–Trinajstić information content (AvgIpc) is 2.53. The Morgan fingerprint density at radius 2 is 1.90 bits per heavy atom. The molecule has 0 aliphatic carbocycles. The molecule has 4 N–H and O–H groups in total. The third-order valence-corrected chi connectivity index (χ3v) is 3.05. The van der Waals surface area contributed by atoms with Crippen LogP contribution in [0.25, 0.3) is 0 Å². The molecular weight excluding hydrogens is 252 g/mol. The van der Waals surface area contributed by atoms with Crippen LogP contribution in [0, 0.1) is 0 Å². The lowest BCUT2D eigenvalue weighted by Crippen LogP contribution is -2.26.